The highest BCUT2D eigenvalue weighted by Gasteiger charge is 2.29. The van der Waals surface area contributed by atoms with Gasteiger partial charge in [0.2, 0.25) is 5.69 Å². The number of alkyl halides is 3. The van der Waals surface area contributed by atoms with Gasteiger partial charge in [-0.15, -0.1) is 5.10 Å². The summed E-state index contributed by atoms with van der Waals surface area (Å²) in [5.41, 5.74) is -1.09. The normalized spacial score (nSPS) is 13.4. The lowest BCUT2D eigenvalue weighted by Crippen LogP contribution is -2.08. The second-order valence-corrected chi connectivity index (χ2v) is 4.60. The van der Waals surface area contributed by atoms with E-state index < -0.39 is 17.7 Å². The van der Waals surface area contributed by atoms with Gasteiger partial charge >= 0.3 is 12.1 Å². The number of aromatic carboxylic acids is 1. The van der Waals surface area contributed by atoms with Gasteiger partial charge in [-0.1, -0.05) is 35.7 Å². The fourth-order valence-corrected chi connectivity index (χ4v) is 1.76. The number of carboxylic acid groups (broad SMARTS) is 1. The maximum absolute atomic E-state index is 12.3. The molecule has 108 valence electrons. The minimum Gasteiger partial charge on any atom is -0.476 e. The molecule has 1 rings (SSSR count). The molecular formula is C11H10F3N3O2S. The topological polar surface area (TPSA) is 78.9 Å². The van der Waals surface area contributed by atoms with E-state index in [-0.39, 0.29) is 10.7 Å². The van der Waals surface area contributed by atoms with Gasteiger partial charge in [0, 0.05) is 10.5 Å². The number of hydrogen-bond donors (Lipinski definition) is 2. The van der Waals surface area contributed by atoms with E-state index in [9.17, 15) is 18.0 Å². The van der Waals surface area contributed by atoms with Gasteiger partial charge < -0.3 is 5.11 Å². The second-order valence-electron chi connectivity index (χ2n) is 3.52. The molecule has 1 heterocycles. The van der Waals surface area contributed by atoms with Gasteiger partial charge in [-0.05, 0) is 13.0 Å². The smallest absolute Gasteiger partial charge is 0.412 e. The third-order valence-electron chi connectivity index (χ3n) is 2.09. The molecule has 0 atom stereocenters. The molecule has 0 amide bonds. The summed E-state index contributed by atoms with van der Waals surface area (Å²) in [5.74, 6) is -1.29. The number of nitrogens with one attached hydrogen (secondary N) is 1. The first-order chi connectivity index (χ1) is 9.25. The number of thioether (sulfide) groups is 1. The van der Waals surface area contributed by atoms with Crippen LogP contribution in [0.15, 0.2) is 40.3 Å². The summed E-state index contributed by atoms with van der Waals surface area (Å²) in [6.07, 6.45) is -1.03. The molecule has 20 heavy (non-hydrogen) atoms. The van der Waals surface area contributed by atoms with E-state index in [1.807, 2.05) is 0 Å². The molecule has 0 aliphatic rings. The van der Waals surface area contributed by atoms with Crippen LogP contribution in [-0.2, 0) is 0 Å². The van der Waals surface area contributed by atoms with Crippen molar-refractivity contribution >= 4 is 17.7 Å². The van der Waals surface area contributed by atoms with Gasteiger partial charge in [-0.25, -0.2) is 4.79 Å². The fraction of sp³-hybridized carbons (Fsp3) is 0.182. The van der Waals surface area contributed by atoms with E-state index in [2.05, 4.69) is 22.0 Å². The van der Waals surface area contributed by atoms with Crippen LogP contribution in [0.1, 0.15) is 17.4 Å². The Balaban J connectivity index is 2.96. The van der Waals surface area contributed by atoms with Crippen molar-refractivity contribution in [1.29, 1.82) is 0 Å². The van der Waals surface area contributed by atoms with Crippen molar-refractivity contribution in [1.82, 2.24) is 15.4 Å². The molecule has 0 spiro atoms. The number of hydrogen-bond acceptors (Lipinski definition) is 4. The summed E-state index contributed by atoms with van der Waals surface area (Å²) < 4.78 is 37.0. The van der Waals surface area contributed by atoms with Crippen LogP contribution >= 0.6 is 11.8 Å². The number of nitrogens with zero attached hydrogens (tertiary/aromatic N) is 2. The summed E-state index contributed by atoms with van der Waals surface area (Å²) in [5, 5.41) is 18.0. The standard InChI is InChI=1S/C11H10F3N3O2S/c1-3-7(5-4-6(2)11(12,13)14)20-9-8(10(18)19)15-17-16-9/h3-5H,1H2,2H3,(H,18,19)(H,15,16,17)/b6-4+,7-5+. The third kappa shape index (κ3) is 4.26. The molecule has 0 radical (unpaired) electrons. The average Bonchev–Trinajstić information content (AvgIpc) is 2.80. The lowest BCUT2D eigenvalue weighted by Gasteiger charge is -2.05. The minimum atomic E-state index is -4.41. The molecule has 0 saturated carbocycles. The maximum atomic E-state index is 12.3. The Morgan fingerprint density at radius 1 is 1.45 bits per heavy atom. The average molecular weight is 305 g/mol. The quantitative estimate of drug-likeness (QED) is 0.645. The highest BCUT2D eigenvalue weighted by atomic mass is 32.2. The Morgan fingerprint density at radius 2 is 2.10 bits per heavy atom. The minimum absolute atomic E-state index is 0.113. The first-order valence-corrected chi connectivity index (χ1v) is 5.97. The number of carbonyl (C=O) groups is 1. The molecular weight excluding hydrogens is 295 g/mol. The third-order valence-corrected chi connectivity index (χ3v) is 3.11. The van der Waals surface area contributed by atoms with Crippen molar-refractivity contribution in [2.45, 2.75) is 18.1 Å². The number of allylic oxidation sites excluding steroid dienone is 4. The predicted molar refractivity (Wildman–Crippen MR) is 67.3 cm³/mol. The van der Waals surface area contributed by atoms with Crippen LogP contribution in [0.2, 0.25) is 0 Å². The summed E-state index contributed by atoms with van der Waals surface area (Å²) in [4.78, 5) is 11.1. The van der Waals surface area contributed by atoms with Crippen LogP contribution in [0.4, 0.5) is 13.2 Å². The molecule has 9 heteroatoms. The Bertz CT molecular complexity index is 576. The van der Waals surface area contributed by atoms with Crippen LogP contribution < -0.4 is 0 Å². The highest BCUT2D eigenvalue weighted by molar-refractivity contribution is 8.03. The lowest BCUT2D eigenvalue weighted by atomic mass is 10.2. The second kappa shape index (κ2) is 6.42. The van der Waals surface area contributed by atoms with Crippen LogP contribution in [0.3, 0.4) is 0 Å². The van der Waals surface area contributed by atoms with Gasteiger partial charge in [0.05, 0.1) is 0 Å². The summed E-state index contributed by atoms with van der Waals surface area (Å²) >= 11 is 0.873. The van der Waals surface area contributed by atoms with Crippen LogP contribution in [0.5, 0.6) is 0 Å². The summed E-state index contributed by atoms with van der Waals surface area (Å²) in [6, 6.07) is 0. The molecule has 0 aromatic carbocycles. The van der Waals surface area contributed by atoms with E-state index in [0.717, 1.165) is 24.8 Å². The first-order valence-electron chi connectivity index (χ1n) is 5.16. The monoisotopic (exact) mass is 305 g/mol. The van der Waals surface area contributed by atoms with Crippen molar-refractivity contribution < 1.29 is 23.1 Å². The Labute approximate surface area is 116 Å². The van der Waals surface area contributed by atoms with E-state index in [1.165, 1.54) is 12.2 Å². The molecule has 0 saturated heterocycles. The zero-order valence-electron chi connectivity index (χ0n) is 10.2. The van der Waals surface area contributed by atoms with E-state index in [0.29, 0.717) is 4.91 Å². The van der Waals surface area contributed by atoms with Crippen LogP contribution in [-0.4, -0.2) is 32.7 Å². The first kappa shape index (κ1) is 16.0. The van der Waals surface area contributed by atoms with Crippen LogP contribution in [0.25, 0.3) is 0 Å². The van der Waals surface area contributed by atoms with Gasteiger partial charge in [0.15, 0.2) is 0 Å². The molecule has 0 aliphatic carbocycles. The number of aromatic nitrogens is 3. The molecule has 1 aromatic rings. The van der Waals surface area contributed by atoms with E-state index in [1.54, 1.807) is 0 Å². The number of carboxylic acids is 1. The molecule has 2 N–H and O–H groups in total. The van der Waals surface area contributed by atoms with Crippen molar-refractivity contribution in [3.05, 3.63) is 41.0 Å². The summed E-state index contributed by atoms with van der Waals surface area (Å²) in [6.45, 7) is 4.39. The molecule has 0 fully saturated rings. The number of halogens is 3. The molecule has 5 nitrogen and oxygen atoms in total. The largest absolute Gasteiger partial charge is 0.476 e. The molecule has 1 aromatic heterocycles. The lowest BCUT2D eigenvalue weighted by molar-refractivity contribution is -0.0913. The zero-order chi connectivity index (χ0) is 15.3. The van der Waals surface area contributed by atoms with Crippen molar-refractivity contribution in [3.8, 4) is 0 Å². The molecule has 0 aliphatic heterocycles. The zero-order valence-corrected chi connectivity index (χ0v) is 11.0. The van der Waals surface area contributed by atoms with Gasteiger partial charge in [-0.2, -0.15) is 13.2 Å². The predicted octanol–water partition coefficient (Wildman–Crippen LogP) is 3.17. The van der Waals surface area contributed by atoms with Gasteiger partial charge in [-0.3, -0.25) is 5.10 Å². The SMILES string of the molecule is C=C/C(=C\C=C(/C)C(F)(F)F)Sc1[nH]nnc1C(=O)O. The Kier molecular flexibility index (Phi) is 5.14. The Hall–Kier alpha value is -2.03. The maximum Gasteiger partial charge on any atom is 0.412 e. The highest BCUT2D eigenvalue weighted by Crippen LogP contribution is 2.29. The van der Waals surface area contributed by atoms with Gasteiger partial charge in [0.1, 0.15) is 5.03 Å². The number of aromatic amines is 1. The Morgan fingerprint density at radius 3 is 2.60 bits per heavy atom. The summed E-state index contributed by atoms with van der Waals surface area (Å²) in [7, 11) is 0. The van der Waals surface area contributed by atoms with Crippen molar-refractivity contribution in [2.75, 3.05) is 0 Å². The van der Waals surface area contributed by atoms with Crippen LogP contribution in [0, 0.1) is 0 Å². The number of rotatable bonds is 5. The molecule has 0 bridgehead atoms. The van der Waals surface area contributed by atoms with E-state index >= 15 is 0 Å². The van der Waals surface area contributed by atoms with E-state index in [4.69, 9.17) is 5.11 Å². The van der Waals surface area contributed by atoms with Crippen molar-refractivity contribution in [2.24, 2.45) is 0 Å². The van der Waals surface area contributed by atoms with Gasteiger partial charge in [0.25, 0.3) is 0 Å². The molecule has 0 unspecified atom stereocenters. The number of H-pyrrole nitrogens is 1. The van der Waals surface area contributed by atoms with Crippen molar-refractivity contribution in [3.63, 3.8) is 0 Å². The fourth-order valence-electron chi connectivity index (χ4n) is 0.993.